The van der Waals surface area contributed by atoms with Gasteiger partial charge in [0.2, 0.25) is 12.5 Å². The molecule has 1 aromatic heterocycles. The molecule has 7 nitrogen and oxygen atoms in total. The van der Waals surface area contributed by atoms with Crippen molar-refractivity contribution >= 4 is 17.5 Å². The summed E-state index contributed by atoms with van der Waals surface area (Å²) >= 11 is 0. The molecule has 1 heterocycles. The maximum atomic E-state index is 12.0. The van der Waals surface area contributed by atoms with Crippen molar-refractivity contribution in [2.75, 3.05) is 11.9 Å². The number of carbonyl (C=O) groups excluding carboxylic acids is 2. The quantitative estimate of drug-likeness (QED) is 0.517. The van der Waals surface area contributed by atoms with E-state index in [4.69, 9.17) is 0 Å². The molecule has 0 radical (unpaired) electrons. The van der Waals surface area contributed by atoms with Crippen LogP contribution in [0.1, 0.15) is 25.0 Å². The summed E-state index contributed by atoms with van der Waals surface area (Å²) in [7, 11) is 0. The number of aromatic nitrogens is 1. The minimum absolute atomic E-state index is 0.169. The average Bonchev–Trinajstić information content (AvgIpc) is 2.66. The Balaban J connectivity index is 1.96. The van der Waals surface area contributed by atoms with Gasteiger partial charge in [0.25, 0.3) is 5.91 Å². The van der Waals surface area contributed by atoms with Gasteiger partial charge in [-0.15, -0.1) is 0 Å². The van der Waals surface area contributed by atoms with Crippen molar-refractivity contribution in [1.82, 2.24) is 5.32 Å². The van der Waals surface area contributed by atoms with Gasteiger partial charge >= 0.3 is 0 Å². The number of aliphatic hydroxyl groups excluding tert-OH is 2. The lowest BCUT2D eigenvalue weighted by atomic mass is 10.0. The molecular weight excluding hydrogens is 334 g/mol. The Labute approximate surface area is 152 Å². The van der Waals surface area contributed by atoms with Crippen LogP contribution in [0.2, 0.25) is 0 Å². The molecule has 0 aliphatic rings. The van der Waals surface area contributed by atoms with E-state index >= 15 is 0 Å². The van der Waals surface area contributed by atoms with Crippen LogP contribution < -0.4 is 15.2 Å². The second-order valence-corrected chi connectivity index (χ2v) is 5.87. The second kappa shape index (κ2) is 9.65. The summed E-state index contributed by atoms with van der Waals surface area (Å²) < 4.78 is 1.76. The van der Waals surface area contributed by atoms with Crippen molar-refractivity contribution in [1.29, 1.82) is 0 Å². The van der Waals surface area contributed by atoms with Crippen molar-refractivity contribution in [2.45, 2.75) is 32.0 Å². The highest BCUT2D eigenvalue weighted by Crippen LogP contribution is 2.19. The zero-order valence-electron chi connectivity index (χ0n) is 14.6. The lowest BCUT2D eigenvalue weighted by molar-refractivity contribution is -0.684. The zero-order chi connectivity index (χ0) is 18.9. The van der Waals surface area contributed by atoms with E-state index in [1.54, 1.807) is 48.1 Å². The molecule has 1 aromatic carbocycles. The van der Waals surface area contributed by atoms with Crippen molar-refractivity contribution in [2.24, 2.45) is 0 Å². The third-order valence-corrected chi connectivity index (χ3v) is 3.88. The van der Waals surface area contributed by atoms with E-state index in [1.807, 2.05) is 18.2 Å². The molecule has 0 unspecified atom stereocenters. The molecule has 2 atom stereocenters. The number of hydrogen-bond acceptors (Lipinski definition) is 4. The fourth-order valence-corrected chi connectivity index (χ4v) is 2.44. The molecule has 138 valence electrons. The summed E-state index contributed by atoms with van der Waals surface area (Å²) in [4.78, 5) is 23.5. The van der Waals surface area contributed by atoms with Gasteiger partial charge in [-0.2, -0.15) is 4.57 Å². The first kappa shape index (κ1) is 19.6. The number of nitrogens with zero attached hydrogens (tertiary/aromatic N) is 1. The van der Waals surface area contributed by atoms with Crippen molar-refractivity contribution in [3.63, 3.8) is 0 Å². The lowest BCUT2D eigenvalue weighted by Crippen LogP contribution is -2.41. The largest absolute Gasteiger partial charge is 0.394 e. The highest BCUT2D eigenvalue weighted by atomic mass is 16.3. The zero-order valence-corrected chi connectivity index (χ0v) is 14.6. The molecule has 0 saturated carbocycles. The van der Waals surface area contributed by atoms with Crippen LogP contribution in [0.4, 0.5) is 5.69 Å². The van der Waals surface area contributed by atoms with E-state index in [2.05, 4.69) is 10.6 Å². The number of rotatable bonds is 8. The molecule has 0 aliphatic carbocycles. The van der Waals surface area contributed by atoms with Gasteiger partial charge in [-0.05, 0) is 17.7 Å². The van der Waals surface area contributed by atoms with Crippen molar-refractivity contribution in [3.8, 4) is 0 Å². The Hall–Kier alpha value is -2.77. The van der Waals surface area contributed by atoms with Crippen LogP contribution in [0.3, 0.4) is 0 Å². The number of hydrogen-bond donors (Lipinski definition) is 4. The monoisotopic (exact) mass is 358 g/mol. The summed E-state index contributed by atoms with van der Waals surface area (Å²) in [6, 6.07) is 11.4. The van der Waals surface area contributed by atoms with Gasteiger partial charge in [-0.1, -0.05) is 25.1 Å². The summed E-state index contributed by atoms with van der Waals surface area (Å²) in [5.74, 6) is -0.414. The standard InChI is InChI=1S/C19H23N3O4/c1-2-17(24)21-16(13-23)19(26)14-6-8-15(9-7-14)20-18(25)12-22-10-4-3-5-11-22/h3-11,16,19,23,26H,2,12-13H2,1H3,(H-,20,21,24,25)/p+1/t16-,19-/m1/s1. The van der Waals surface area contributed by atoms with E-state index in [0.717, 1.165) is 0 Å². The number of amides is 2. The Morgan fingerprint density at radius 2 is 1.73 bits per heavy atom. The maximum Gasteiger partial charge on any atom is 0.290 e. The third kappa shape index (κ3) is 5.65. The first-order valence-corrected chi connectivity index (χ1v) is 8.45. The molecule has 2 rings (SSSR count). The Morgan fingerprint density at radius 1 is 1.08 bits per heavy atom. The summed E-state index contributed by atoms with van der Waals surface area (Å²) in [6.07, 6.45) is 2.84. The molecular formula is C19H24N3O4+. The van der Waals surface area contributed by atoms with E-state index in [1.165, 1.54) is 0 Å². The van der Waals surface area contributed by atoms with Crippen LogP contribution in [0.25, 0.3) is 0 Å². The van der Waals surface area contributed by atoms with Gasteiger partial charge in [0.1, 0.15) is 6.10 Å². The molecule has 0 spiro atoms. The van der Waals surface area contributed by atoms with Crippen molar-refractivity contribution < 1.29 is 24.4 Å². The molecule has 0 saturated heterocycles. The molecule has 7 heteroatoms. The van der Waals surface area contributed by atoms with Gasteiger partial charge < -0.3 is 20.8 Å². The first-order valence-electron chi connectivity index (χ1n) is 8.45. The molecule has 26 heavy (non-hydrogen) atoms. The van der Waals surface area contributed by atoms with Gasteiger partial charge in [-0.25, -0.2) is 0 Å². The van der Waals surface area contributed by atoms with Gasteiger partial charge in [0, 0.05) is 24.2 Å². The number of benzene rings is 1. The van der Waals surface area contributed by atoms with Crippen LogP contribution in [-0.4, -0.2) is 34.7 Å². The summed E-state index contributed by atoms with van der Waals surface area (Å²) in [6.45, 7) is 1.52. The van der Waals surface area contributed by atoms with E-state index in [9.17, 15) is 19.8 Å². The van der Waals surface area contributed by atoms with Gasteiger partial charge in [0.15, 0.2) is 12.4 Å². The number of aliphatic hydroxyl groups is 2. The molecule has 2 aromatic rings. The lowest BCUT2D eigenvalue weighted by Gasteiger charge is -2.22. The number of pyridine rings is 1. The fourth-order valence-electron chi connectivity index (χ4n) is 2.44. The van der Waals surface area contributed by atoms with Gasteiger partial charge in [0.05, 0.1) is 12.6 Å². The highest BCUT2D eigenvalue weighted by molar-refractivity contribution is 5.89. The van der Waals surface area contributed by atoms with E-state index in [0.29, 0.717) is 11.3 Å². The fraction of sp³-hybridized carbons (Fsp3) is 0.316. The van der Waals surface area contributed by atoms with Crippen LogP contribution in [0.5, 0.6) is 0 Å². The topological polar surface area (TPSA) is 103 Å². The third-order valence-electron chi connectivity index (χ3n) is 3.88. The summed E-state index contributed by atoms with van der Waals surface area (Å²) in [5.41, 5.74) is 1.14. The SMILES string of the molecule is CCC(=O)N[C@H](CO)[C@H](O)c1ccc(NC(=O)C[n+]2ccccc2)cc1. The normalized spacial score (nSPS) is 12.9. The average molecular weight is 358 g/mol. The van der Waals surface area contributed by atoms with Crippen LogP contribution >= 0.6 is 0 Å². The summed E-state index contributed by atoms with van der Waals surface area (Å²) in [5, 5.41) is 25.1. The van der Waals surface area contributed by atoms with E-state index < -0.39 is 12.1 Å². The molecule has 0 bridgehead atoms. The van der Waals surface area contributed by atoms with Crippen molar-refractivity contribution in [3.05, 3.63) is 60.4 Å². The predicted molar refractivity (Wildman–Crippen MR) is 96.0 cm³/mol. The van der Waals surface area contributed by atoms with Crippen LogP contribution in [0.15, 0.2) is 54.9 Å². The number of carbonyl (C=O) groups is 2. The molecule has 0 fully saturated rings. The first-order chi connectivity index (χ1) is 12.5. The van der Waals surface area contributed by atoms with Crippen LogP contribution in [-0.2, 0) is 16.1 Å². The smallest absolute Gasteiger partial charge is 0.290 e. The molecule has 4 N–H and O–H groups in total. The van der Waals surface area contributed by atoms with Gasteiger partial charge in [-0.3, -0.25) is 9.59 Å². The Bertz CT molecular complexity index is 719. The highest BCUT2D eigenvalue weighted by Gasteiger charge is 2.21. The minimum atomic E-state index is -1.04. The number of nitrogens with one attached hydrogen (secondary N) is 2. The van der Waals surface area contributed by atoms with E-state index in [-0.39, 0.29) is 31.4 Å². The minimum Gasteiger partial charge on any atom is -0.394 e. The molecule has 0 aliphatic heterocycles. The second-order valence-electron chi connectivity index (χ2n) is 5.87. The predicted octanol–water partition coefficient (Wildman–Crippen LogP) is 0.533. The maximum absolute atomic E-state index is 12.0. The number of anilines is 1. The Kier molecular flexibility index (Phi) is 7.25. The van der Waals surface area contributed by atoms with Crippen LogP contribution in [0, 0.1) is 0 Å². The Morgan fingerprint density at radius 3 is 2.31 bits per heavy atom. The molecule has 2 amide bonds.